The van der Waals surface area contributed by atoms with Gasteiger partial charge in [0, 0.05) is 29.6 Å². The molecule has 0 radical (unpaired) electrons. The number of rotatable bonds is 5. The Bertz CT molecular complexity index is 1570. The Hall–Kier alpha value is -4.23. The van der Waals surface area contributed by atoms with Gasteiger partial charge in [0.1, 0.15) is 11.6 Å². The molecule has 0 saturated carbocycles. The molecule has 1 aliphatic heterocycles. The summed E-state index contributed by atoms with van der Waals surface area (Å²) in [6.45, 7) is 3.39. The zero-order chi connectivity index (χ0) is 26.9. The van der Waals surface area contributed by atoms with E-state index in [2.05, 4.69) is 32.0 Å². The van der Waals surface area contributed by atoms with Gasteiger partial charge in [-0.05, 0) is 74.3 Å². The van der Waals surface area contributed by atoms with E-state index in [1.165, 1.54) is 12.1 Å². The topological polar surface area (TPSA) is 62.5 Å². The van der Waals surface area contributed by atoms with Crippen molar-refractivity contribution in [1.29, 1.82) is 0 Å². The summed E-state index contributed by atoms with van der Waals surface area (Å²) in [4.78, 5) is 22.9. The number of alkyl halides is 3. The maximum atomic E-state index is 15.4. The SMILES string of the molecule is CC#CCN1CCCC1c1cc(-c2ccc(C(=O)Nc3cc(C(F)(F)F)ccn3)cc2F)n2cnccc12. The van der Waals surface area contributed by atoms with Gasteiger partial charge < -0.3 is 5.32 Å². The van der Waals surface area contributed by atoms with Crippen LogP contribution in [0.3, 0.4) is 0 Å². The fraction of sp³-hybridized carbons (Fsp3) is 0.250. The highest BCUT2D eigenvalue weighted by Gasteiger charge is 2.31. The average molecular weight is 522 g/mol. The Morgan fingerprint density at radius 1 is 1.16 bits per heavy atom. The van der Waals surface area contributed by atoms with Crippen LogP contribution in [0.15, 0.2) is 61.2 Å². The predicted molar refractivity (Wildman–Crippen MR) is 135 cm³/mol. The number of anilines is 1. The van der Waals surface area contributed by atoms with Crippen molar-refractivity contribution in [3.05, 3.63) is 83.7 Å². The van der Waals surface area contributed by atoms with Crippen molar-refractivity contribution in [1.82, 2.24) is 19.3 Å². The molecular formula is C28H23F4N5O. The lowest BCUT2D eigenvalue weighted by atomic mass is 10.0. The molecule has 5 rings (SSSR count). The molecular weight excluding hydrogens is 498 g/mol. The third kappa shape index (κ3) is 4.97. The number of carbonyl (C=O) groups is 1. The number of fused-ring (bicyclic) bond motifs is 1. The van der Waals surface area contributed by atoms with Crippen molar-refractivity contribution < 1.29 is 22.4 Å². The molecule has 38 heavy (non-hydrogen) atoms. The number of aromatic nitrogens is 3. The molecule has 6 nitrogen and oxygen atoms in total. The first-order chi connectivity index (χ1) is 18.3. The number of likely N-dealkylation sites (tertiary alicyclic amines) is 1. The molecule has 1 aliphatic rings. The minimum Gasteiger partial charge on any atom is -0.307 e. The van der Waals surface area contributed by atoms with Gasteiger partial charge in [-0.3, -0.25) is 14.1 Å². The fourth-order valence-electron chi connectivity index (χ4n) is 4.83. The molecule has 1 atom stereocenters. The molecule has 0 bridgehead atoms. The molecule has 1 unspecified atom stereocenters. The van der Waals surface area contributed by atoms with Crippen LogP contribution in [0.5, 0.6) is 0 Å². The van der Waals surface area contributed by atoms with E-state index in [9.17, 15) is 18.0 Å². The molecule has 1 amide bonds. The molecule has 0 spiro atoms. The molecule has 194 valence electrons. The number of hydrogen-bond acceptors (Lipinski definition) is 4. The van der Waals surface area contributed by atoms with Crippen molar-refractivity contribution >= 4 is 17.2 Å². The number of nitrogens with zero attached hydrogens (tertiary/aromatic N) is 4. The summed E-state index contributed by atoms with van der Waals surface area (Å²) in [7, 11) is 0. The smallest absolute Gasteiger partial charge is 0.307 e. The number of halogens is 4. The average Bonchev–Trinajstić information content (AvgIpc) is 3.51. The number of amides is 1. The maximum Gasteiger partial charge on any atom is 0.416 e. The van der Waals surface area contributed by atoms with Crippen molar-refractivity contribution in [3.63, 3.8) is 0 Å². The van der Waals surface area contributed by atoms with Gasteiger partial charge in [0.15, 0.2) is 0 Å². The standard InChI is InChI=1S/C28H23F4N5O/c1-2-3-12-36-13-4-5-23(36)21-16-25(37-17-33-10-9-24(21)37)20-7-6-18(14-22(20)29)27(38)35-26-15-19(8-11-34-26)28(30,31)32/h6-11,14-17,23H,4-5,12-13H2,1H3,(H,34,35,38). The molecule has 1 fully saturated rings. The minimum atomic E-state index is -4.58. The van der Waals surface area contributed by atoms with Gasteiger partial charge in [-0.25, -0.2) is 14.4 Å². The summed E-state index contributed by atoms with van der Waals surface area (Å²) in [5, 5.41) is 2.30. The molecule has 4 aromatic rings. The number of carbonyl (C=O) groups excluding carboxylic acids is 1. The van der Waals surface area contributed by atoms with Crippen LogP contribution in [-0.2, 0) is 6.18 Å². The number of benzene rings is 1. The number of nitrogens with one attached hydrogen (secondary N) is 1. The Morgan fingerprint density at radius 2 is 2.00 bits per heavy atom. The van der Waals surface area contributed by atoms with E-state index in [0.717, 1.165) is 54.9 Å². The molecule has 4 heterocycles. The van der Waals surface area contributed by atoms with E-state index in [0.29, 0.717) is 12.2 Å². The normalized spacial score (nSPS) is 15.9. The van der Waals surface area contributed by atoms with Gasteiger partial charge in [0.25, 0.3) is 5.91 Å². The Kier molecular flexibility index (Phi) is 6.87. The Morgan fingerprint density at radius 3 is 2.76 bits per heavy atom. The second-order valence-electron chi connectivity index (χ2n) is 8.95. The first-order valence-electron chi connectivity index (χ1n) is 12.0. The van der Waals surface area contributed by atoms with E-state index in [1.54, 1.807) is 12.5 Å². The third-order valence-corrected chi connectivity index (χ3v) is 6.63. The van der Waals surface area contributed by atoms with Gasteiger partial charge in [-0.2, -0.15) is 13.2 Å². The first-order valence-corrected chi connectivity index (χ1v) is 12.0. The second kappa shape index (κ2) is 10.3. The Balaban J connectivity index is 1.45. The van der Waals surface area contributed by atoms with Crippen LogP contribution in [0.25, 0.3) is 16.8 Å². The molecule has 1 saturated heterocycles. The van der Waals surface area contributed by atoms with Crippen LogP contribution in [0.1, 0.15) is 47.3 Å². The van der Waals surface area contributed by atoms with Crippen molar-refractivity contribution in [2.45, 2.75) is 32.0 Å². The maximum absolute atomic E-state index is 15.4. The number of hydrogen-bond donors (Lipinski definition) is 1. The third-order valence-electron chi connectivity index (χ3n) is 6.63. The lowest BCUT2D eigenvalue weighted by Gasteiger charge is -2.21. The molecule has 1 aromatic carbocycles. The van der Waals surface area contributed by atoms with E-state index in [4.69, 9.17) is 0 Å². The van der Waals surface area contributed by atoms with Crippen LogP contribution < -0.4 is 5.32 Å². The van der Waals surface area contributed by atoms with Crippen molar-refractivity contribution in [3.8, 4) is 23.1 Å². The van der Waals surface area contributed by atoms with E-state index in [-0.39, 0.29) is 23.0 Å². The second-order valence-corrected chi connectivity index (χ2v) is 8.95. The van der Waals surface area contributed by atoms with Gasteiger partial charge >= 0.3 is 6.18 Å². The monoisotopic (exact) mass is 521 g/mol. The van der Waals surface area contributed by atoms with E-state index >= 15 is 4.39 Å². The number of pyridine rings is 1. The summed E-state index contributed by atoms with van der Waals surface area (Å²) in [5.74, 6) is 4.36. The summed E-state index contributed by atoms with van der Waals surface area (Å²) < 4.78 is 56.1. The van der Waals surface area contributed by atoms with E-state index < -0.39 is 23.5 Å². The molecule has 3 aromatic heterocycles. The highest BCUT2D eigenvalue weighted by molar-refractivity contribution is 6.04. The zero-order valence-corrected chi connectivity index (χ0v) is 20.4. The van der Waals surface area contributed by atoms with Crippen molar-refractivity contribution in [2.75, 3.05) is 18.4 Å². The van der Waals surface area contributed by atoms with Crippen LogP contribution in [0.4, 0.5) is 23.4 Å². The molecule has 10 heteroatoms. The molecule has 0 aliphatic carbocycles. The van der Waals surface area contributed by atoms with Gasteiger partial charge in [0.05, 0.1) is 29.6 Å². The quantitative estimate of drug-likeness (QED) is 0.260. The van der Waals surface area contributed by atoms with Crippen LogP contribution >= 0.6 is 0 Å². The van der Waals surface area contributed by atoms with Crippen molar-refractivity contribution in [2.24, 2.45) is 0 Å². The lowest BCUT2D eigenvalue weighted by Crippen LogP contribution is -2.23. The largest absolute Gasteiger partial charge is 0.416 e. The first kappa shape index (κ1) is 25.4. The van der Waals surface area contributed by atoms with Gasteiger partial charge in [-0.15, -0.1) is 5.92 Å². The fourth-order valence-corrected chi connectivity index (χ4v) is 4.83. The zero-order valence-electron chi connectivity index (χ0n) is 20.4. The highest BCUT2D eigenvalue weighted by Crippen LogP contribution is 2.38. The van der Waals surface area contributed by atoms with Gasteiger partial charge in [-0.1, -0.05) is 5.92 Å². The van der Waals surface area contributed by atoms with Gasteiger partial charge in [0.2, 0.25) is 0 Å². The van der Waals surface area contributed by atoms with Crippen LogP contribution in [0, 0.1) is 17.7 Å². The summed E-state index contributed by atoms with van der Waals surface area (Å²) in [6, 6.07) is 9.47. The summed E-state index contributed by atoms with van der Waals surface area (Å²) in [6.07, 6.45) is 1.68. The van der Waals surface area contributed by atoms with E-state index in [1.807, 2.05) is 23.5 Å². The summed E-state index contributed by atoms with van der Waals surface area (Å²) >= 11 is 0. The summed E-state index contributed by atoms with van der Waals surface area (Å²) in [5.41, 5.74) is 1.82. The predicted octanol–water partition coefficient (Wildman–Crippen LogP) is 5.97. The Labute approximate surface area is 216 Å². The van der Waals surface area contributed by atoms with Crippen LogP contribution in [-0.4, -0.2) is 38.3 Å². The molecule has 1 N–H and O–H groups in total. The van der Waals surface area contributed by atoms with Crippen LogP contribution in [0.2, 0.25) is 0 Å². The lowest BCUT2D eigenvalue weighted by molar-refractivity contribution is -0.137. The highest BCUT2D eigenvalue weighted by atomic mass is 19.4. The minimum absolute atomic E-state index is 0.0511.